The van der Waals surface area contributed by atoms with Gasteiger partial charge >= 0.3 is 5.76 Å². The Morgan fingerprint density at radius 2 is 2.21 bits per heavy atom. The predicted molar refractivity (Wildman–Crippen MR) is 80.3 cm³/mol. The maximum absolute atomic E-state index is 13.9. The standard InChI is InChI=1S/C16H17F2N3O3/c1-16(10-3-4-10,7-9-2-5-11(17)6-12(9)18)8-19-14(22)13-20-15(23)24-21-13/h2,5-6,10H,3-4,7-8H2,1H3,(H,19,22)(H,20,21,23). The summed E-state index contributed by atoms with van der Waals surface area (Å²) in [5.74, 6) is -2.43. The van der Waals surface area contributed by atoms with Crippen molar-refractivity contribution >= 4 is 5.91 Å². The third-order valence-corrected chi connectivity index (χ3v) is 4.48. The number of benzene rings is 1. The predicted octanol–water partition coefficient (Wildman–Crippen LogP) is 2.03. The Balaban J connectivity index is 1.71. The molecule has 6 nitrogen and oxygen atoms in total. The molecule has 3 rings (SSSR count). The molecule has 0 saturated heterocycles. The van der Waals surface area contributed by atoms with Crippen LogP contribution in [-0.4, -0.2) is 22.6 Å². The number of carbonyl (C=O) groups is 1. The lowest BCUT2D eigenvalue weighted by atomic mass is 9.78. The highest BCUT2D eigenvalue weighted by molar-refractivity contribution is 5.90. The van der Waals surface area contributed by atoms with Gasteiger partial charge < -0.3 is 5.32 Å². The lowest BCUT2D eigenvalue weighted by Crippen LogP contribution is -2.39. The zero-order chi connectivity index (χ0) is 17.3. The number of H-pyrrole nitrogens is 1. The normalized spacial score (nSPS) is 16.6. The number of carbonyl (C=O) groups excluding carboxylic acids is 1. The van der Waals surface area contributed by atoms with Crippen LogP contribution in [0.3, 0.4) is 0 Å². The fraction of sp³-hybridized carbons (Fsp3) is 0.438. The van der Waals surface area contributed by atoms with Gasteiger partial charge in [-0.25, -0.2) is 13.6 Å². The topological polar surface area (TPSA) is 88.0 Å². The van der Waals surface area contributed by atoms with Gasteiger partial charge in [-0.2, -0.15) is 0 Å². The average Bonchev–Trinajstić information content (AvgIpc) is 3.30. The van der Waals surface area contributed by atoms with Crippen LogP contribution in [0.15, 0.2) is 27.5 Å². The summed E-state index contributed by atoms with van der Waals surface area (Å²) in [5, 5.41) is 6.03. The molecule has 0 radical (unpaired) electrons. The van der Waals surface area contributed by atoms with E-state index in [-0.39, 0.29) is 17.8 Å². The molecule has 1 heterocycles. The summed E-state index contributed by atoms with van der Waals surface area (Å²) in [6.07, 6.45) is 2.37. The monoisotopic (exact) mass is 337 g/mol. The quantitative estimate of drug-likeness (QED) is 0.844. The summed E-state index contributed by atoms with van der Waals surface area (Å²) in [6.45, 7) is 2.24. The highest BCUT2D eigenvalue weighted by Crippen LogP contribution is 2.47. The van der Waals surface area contributed by atoms with Crippen molar-refractivity contribution in [2.45, 2.75) is 26.2 Å². The molecule has 1 saturated carbocycles. The van der Waals surface area contributed by atoms with Gasteiger partial charge in [-0.15, -0.1) is 0 Å². The maximum Gasteiger partial charge on any atom is 0.439 e. The molecule has 0 aliphatic heterocycles. The molecule has 1 unspecified atom stereocenters. The molecule has 1 atom stereocenters. The van der Waals surface area contributed by atoms with E-state index in [9.17, 15) is 18.4 Å². The Labute approximate surface area is 136 Å². The van der Waals surface area contributed by atoms with E-state index in [1.165, 1.54) is 12.1 Å². The van der Waals surface area contributed by atoms with Crippen molar-refractivity contribution in [1.82, 2.24) is 15.5 Å². The van der Waals surface area contributed by atoms with Crippen molar-refractivity contribution < 1.29 is 18.1 Å². The largest absolute Gasteiger partial charge is 0.439 e. The Kier molecular flexibility index (Phi) is 4.21. The summed E-state index contributed by atoms with van der Waals surface area (Å²) in [7, 11) is 0. The van der Waals surface area contributed by atoms with Gasteiger partial charge in [0.25, 0.3) is 5.91 Å². The SMILES string of the molecule is CC(CNC(=O)c1noc(=O)[nH]1)(Cc1ccc(F)cc1F)C1CC1. The molecule has 2 aromatic rings. The van der Waals surface area contributed by atoms with Crippen LogP contribution in [0.5, 0.6) is 0 Å². The lowest BCUT2D eigenvalue weighted by molar-refractivity contribution is 0.0913. The van der Waals surface area contributed by atoms with Crippen LogP contribution in [0.1, 0.15) is 35.9 Å². The molecular formula is C16H17F2N3O3. The minimum absolute atomic E-state index is 0.203. The summed E-state index contributed by atoms with van der Waals surface area (Å²) in [4.78, 5) is 25.0. The fourth-order valence-electron chi connectivity index (χ4n) is 2.93. The van der Waals surface area contributed by atoms with E-state index in [1.807, 2.05) is 6.92 Å². The summed E-state index contributed by atoms with van der Waals surface area (Å²) >= 11 is 0. The number of nitrogens with zero attached hydrogens (tertiary/aromatic N) is 1. The van der Waals surface area contributed by atoms with E-state index >= 15 is 0 Å². The number of aromatic nitrogens is 2. The molecule has 24 heavy (non-hydrogen) atoms. The van der Waals surface area contributed by atoms with Gasteiger partial charge in [0.1, 0.15) is 11.6 Å². The maximum atomic E-state index is 13.9. The minimum atomic E-state index is -0.807. The fourth-order valence-corrected chi connectivity index (χ4v) is 2.93. The van der Waals surface area contributed by atoms with Gasteiger partial charge in [0, 0.05) is 12.6 Å². The van der Waals surface area contributed by atoms with Gasteiger partial charge in [-0.1, -0.05) is 13.0 Å². The molecule has 8 heteroatoms. The molecule has 128 valence electrons. The summed E-state index contributed by atoms with van der Waals surface area (Å²) in [6, 6.07) is 3.52. The highest BCUT2D eigenvalue weighted by atomic mass is 19.1. The first-order valence-electron chi connectivity index (χ1n) is 7.65. The number of hydrogen-bond donors (Lipinski definition) is 2. The van der Waals surface area contributed by atoms with Crippen molar-refractivity contribution in [3.63, 3.8) is 0 Å². The third kappa shape index (κ3) is 3.52. The number of halogens is 2. The van der Waals surface area contributed by atoms with Crippen molar-refractivity contribution in [2.24, 2.45) is 11.3 Å². The van der Waals surface area contributed by atoms with Crippen LogP contribution in [0.4, 0.5) is 8.78 Å². The second-order valence-electron chi connectivity index (χ2n) is 6.47. The molecule has 1 aromatic carbocycles. The van der Waals surface area contributed by atoms with E-state index < -0.39 is 23.3 Å². The van der Waals surface area contributed by atoms with Crippen molar-refractivity contribution in [2.75, 3.05) is 6.54 Å². The van der Waals surface area contributed by atoms with Gasteiger partial charge in [0.2, 0.25) is 5.82 Å². The van der Waals surface area contributed by atoms with Gasteiger partial charge in [0.15, 0.2) is 0 Å². The van der Waals surface area contributed by atoms with E-state index in [0.29, 0.717) is 17.9 Å². The summed E-state index contributed by atoms with van der Waals surface area (Å²) < 4.78 is 31.3. The van der Waals surface area contributed by atoms with E-state index in [0.717, 1.165) is 18.9 Å². The van der Waals surface area contributed by atoms with E-state index in [4.69, 9.17) is 0 Å². The molecule has 0 spiro atoms. The molecular weight excluding hydrogens is 320 g/mol. The first-order valence-corrected chi connectivity index (χ1v) is 7.65. The smallest absolute Gasteiger partial charge is 0.349 e. The number of rotatable bonds is 6. The lowest BCUT2D eigenvalue weighted by Gasteiger charge is -2.30. The molecule has 1 aliphatic carbocycles. The first kappa shape index (κ1) is 16.4. The molecule has 1 aliphatic rings. The van der Waals surface area contributed by atoms with Crippen LogP contribution < -0.4 is 11.1 Å². The second kappa shape index (κ2) is 6.18. The van der Waals surface area contributed by atoms with Crippen LogP contribution in [0.2, 0.25) is 0 Å². The Hall–Kier alpha value is -2.51. The Morgan fingerprint density at radius 3 is 2.79 bits per heavy atom. The number of nitrogens with one attached hydrogen (secondary N) is 2. The van der Waals surface area contributed by atoms with Crippen molar-refractivity contribution in [3.8, 4) is 0 Å². The second-order valence-corrected chi connectivity index (χ2v) is 6.47. The molecule has 1 aromatic heterocycles. The number of hydrogen-bond acceptors (Lipinski definition) is 4. The molecule has 2 N–H and O–H groups in total. The Bertz CT molecular complexity index is 813. The molecule has 0 bridgehead atoms. The van der Waals surface area contributed by atoms with Crippen LogP contribution in [-0.2, 0) is 6.42 Å². The van der Waals surface area contributed by atoms with Gasteiger partial charge in [-0.05, 0) is 47.4 Å². The third-order valence-electron chi connectivity index (χ3n) is 4.48. The van der Waals surface area contributed by atoms with Crippen LogP contribution >= 0.6 is 0 Å². The summed E-state index contributed by atoms with van der Waals surface area (Å²) in [5.41, 5.74) is 0.0353. The van der Waals surface area contributed by atoms with Crippen molar-refractivity contribution in [1.29, 1.82) is 0 Å². The van der Waals surface area contributed by atoms with E-state index in [1.54, 1.807) is 0 Å². The molecule has 1 fully saturated rings. The van der Waals surface area contributed by atoms with Gasteiger partial charge in [0.05, 0.1) is 0 Å². The highest BCUT2D eigenvalue weighted by Gasteiger charge is 2.42. The van der Waals surface area contributed by atoms with Crippen LogP contribution in [0.25, 0.3) is 0 Å². The Morgan fingerprint density at radius 1 is 1.46 bits per heavy atom. The number of aromatic amines is 1. The zero-order valence-electron chi connectivity index (χ0n) is 13.1. The first-order chi connectivity index (χ1) is 11.4. The van der Waals surface area contributed by atoms with Gasteiger partial charge in [-0.3, -0.25) is 14.3 Å². The molecule has 1 amide bonds. The van der Waals surface area contributed by atoms with Crippen LogP contribution in [0, 0.1) is 23.0 Å². The van der Waals surface area contributed by atoms with Crippen molar-refractivity contribution in [3.05, 3.63) is 51.8 Å². The minimum Gasteiger partial charge on any atom is -0.349 e. The zero-order valence-corrected chi connectivity index (χ0v) is 13.1. The number of amides is 1. The average molecular weight is 337 g/mol. The van der Waals surface area contributed by atoms with E-state index in [2.05, 4.69) is 20.0 Å².